The summed E-state index contributed by atoms with van der Waals surface area (Å²) in [6.45, 7) is 8.18. The number of fused-ring (bicyclic) bond motifs is 2. The molecule has 1 N–H and O–H groups in total. The minimum absolute atomic E-state index is 0.241. The second-order valence-electron chi connectivity index (χ2n) is 12.3. The molecule has 1 saturated carbocycles. The van der Waals surface area contributed by atoms with E-state index in [1.165, 1.54) is 16.7 Å². The van der Waals surface area contributed by atoms with Crippen LogP contribution in [-0.4, -0.2) is 66.4 Å². The maximum Gasteiger partial charge on any atom is 0.310 e. The maximum atomic E-state index is 11.7. The van der Waals surface area contributed by atoms with Crippen molar-refractivity contribution in [1.29, 1.82) is 0 Å². The van der Waals surface area contributed by atoms with Crippen LogP contribution in [0.1, 0.15) is 47.9 Å². The van der Waals surface area contributed by atoms with Gasteiger partial charge in [-0.3, -0.25) is 9.69 Å². The lowest BCUT2D eigenvalue weighted by Crippen LogP contribution is -2.40. The van der Waals surface area contributed by atoms with Gasteiger partial charge in [-0.2, -0.15) is 0 Å². The molecule has 2 atom stereocenters. The molecule has 2 saturated heterocycles. The number of hydrogen-bond donors (Lipinski definition) is 1. The van der Waals surface area contributed by atoms with E-state index in [9.17, 15) is 9.90 Å². The van der Waals surface area contributed by atoms with Crippen LogP contribution >= 0.6 is 11.3 Å². The zero-order valence-corrected chi connectivity index (χ0v) is 24.6. The van der Waals surface area contributed by atoms with E-state index in [-0.39, 0.29) is 5.92 Å². The number of thiazole rings is 1. The van der Waals surface area contributed by atoms with Crippen molar-refractivity contribution in [1.82, 2.24) is 9.88 Å². The summed E-state index contributed by atoms with van der Waals surface area (Å²) >= 11 is 1.64. The smallest absolute Gasteiger partial charge is 0.310 e. The fraction of sp³-hybridized carbons (Fsp3) is 0.515. The van der Waals surface area contributed by atoms with Crippen LogP contribution in [0.4, 0.5) is 5.13 Å². The van der Waals surface area contributed by atoms with Crippen molar-refractivity contribution in [3.05, 3.63) is 64.0 Å². The molecule has 1 aliphatic carbocycles. The molecule has 3 fully saturated rings. The minimum Gasteiger partial charge on any atom is -0.488 e. The zero-order chi connectivity index (χ0) is 28.0. The third-order valence-corrected chi connectivity index (χ3v) is 10.8. The lowest BCUT2D eigenvalue weighted by atomic mass is 9.96. The van der Waals surface area contributed by atoms with Crippen molar-refractivity contribution in [2.45, 2.75) is 58.1 Å². The SMILES string of the molecule is Cc1cccc(-c2csc(N3CC[C@@]4(C(=O)O)C[C@H]4C3)n2)c1OCc1ccc2c(c1)CCN(C1CCOCC1)CC2. The molecule has 1 aromatic heterocycles. The molecule has 4 aliphatic rings. The van der Waals surface area contributed by atoms with Crippen LogP contribution in [0.15, 0.2) is 41.8 Å². The molecule has 0 spiro atoms. The number of nitrogens with zero attached hydrogens (tertiary/aromatic N) is 3. The highest BCUT2D eigenvalue weighted by molar-refractivity contribution is 7.14. The van der Waals surface area contributed by atoms with Crippen LogP contribution in [0.2, 0.25) is 0 Å². The van der Waals surface area contributed by atoms with Gasteiger partial charge in [-0.25, -0.2) is 4.98 Å². The van der Waals surface area contributed by atoms with Gasteiger partial charge >= 0.3 is 5.97 Å². The molecule has 0 unspecified atom stereocenters. The number of aromatic nitrogens is 1. The monoisotopic (exact) mass is 573 g/mol. The molecule has 4 heterocycles. The van der Waals surface area contributed by atoms with Crippen molar-refractivity contribution < 1.29 is 19.4 Å². The number of aliphatic carboxylic acids is 1. The van der Waals surface area contributed by atoms with E-state index < -0.39 is 11.4 Å². The Hall–Kier alpha value is -2.94. The van der Waals surface area contributed by atoms with Gasteiger partial charge in [0.15, 0.2) is 5.13 Å². The Labute approximate surface area is 246 Å². The van der Waals surface area contributed by atoms with Gasteiger partial charge in [-0.15, -0.1) is 11.3 Å². The van der Waals surface area contributed by atoms with Crippen LogP contribution in [0.3, 0.4) is 0 Å². The van der Waals surface area contributed by atoms with Crippen LogP contribution in [0.5, 0.6) is 5.75 Å². The number of carboxylic acid groups (broad SMARTS) is 1. The molecule has 8 heteroatoms. The molecule has 0 amide bonds. The summed E-state index contributed by atoms with van der Waals surface area (Å²) in [5.74, 6) is 0.496. The topological polar surface area (TPSA) is 75.1 Å². The Morgan fingerprint density at radius 1 is 1.15 bits per heavy atom. The average molecular weight is 574 g/mol. The van der Waals surface area contributed by atoms with Crippen LogP contribution < -0.4 is 9.64 Å². The lowest BCUT2D eigenvalue weighted by Gasteiger charge is -2.33. The molecule has 2 aromatic carbocycles. The number of hydrogen-bond acceptors (Lipinski definition) is 7. The summed E-state index contributed by atoms with van der Waals surface area (Å²) in [5, 5.41) is 12.7. The van der Waals surface area contributed by atoms with Crippen LogP contribution in [0, 0.1) is 18.3 Å². The Balaban J connectivity index is 1.03. The first-order valence-electron chi connectivity index (χ1n) is 15.1. The van der Waals surface area contributed by atoms with Gasteiger partial charge in [0.05, 0.1) is 11.1 Å². The van der Waals surface area contributed by atoms with E-state index >= 15 is 0 Å². The van der Waals surface area contributed by atoms with E-state index in [1.807, 2.05) is 0 Å². The van der Waals surface area contributed by atoms with Crippen molar-refractivity contribution in [3.63, 3.8) is 0 Å². The van der Waals surface area contributed by atoms with Crippen molar-refractivity contribution in [2.75, 3.05) is 44.3 Å². The fourth-order valence-electron chi connectivity index (χ4n) is 7.20. The number of rotatable bonds is 7. The summed E-state index contributed by atoms with van der Waals surface area (Å²) in [5.41, 5.74) is 6.69. The van der Waals surface area contributed by atoms with Crippen LogP contribution in [0.25, 0.3) is 11.3 Å². The van der Waals surface area contributed by atoms with Gasteiger partial charge in [-0.05, 0) is 79.7 Å². The number of carboxylic acids is 1. The first kappa shape index (κ1) is 26.9. The lowest BCUT2D eigenvalue weighted by molar-refractivity contribution is -0.144. The molecular weight excluding hydrogens is 534 g/mol. The number of benzene rings is 2. The van der Waals surface area contributed by atoms with E-state index in [0.29, 0.717) is 19.1 Å². The van der Waals surface area contributed by atoms with E-state index in [1.54, 1.807) is 11.3 Å². The molecule has 3 aromatic rings. The predicted molar refractivity (Wildman–Crippen MR) is 161 cm³/mol. The number of para-hydroxylation sites is 1. The highest BCUT2D eigenvalue weighted by Gasteiger charge is 2.62. The van der Waals surface area contributed by atoms with Crippen LogP contribution in [-0.2, 0) is 29.0 Å². The van der Waals surface area contributed by atoms with Crippen molar-refractivity contribution >= 4 is 22.4 Å². The van der Waals surface area contributed by atoms with E-state index in [4.69, 9.17) is 14.5 Å². The number of piperidine rings is 1. The molecule has 41 heavy (non-hydrogen) atoms. The van der Waals surface area contributed by atoms with Gasteiger partial charge in [0, 0.05) is 56.4 Å². The fourth-order valence-corrected chi connectivity index (χ4v) is 8.06. The van der Waals surface area contributed by atoms with Gasteiger partial charge in [0.2, 0.25) is 0 Å². The summed E-state index contributed by atoms with van der Waals surface area (Å²) in [4.78, 5) is 21.6. The molecule has 0 bridgehead atoms. The minimum atomic E-state index is -0.630. The summed E-state index contributed by atoms with van der Waals surface area (Å²) in [6.07, 6.45) is 6.00. The first-order valence-corrected chi connectivity index (χ1v) is 16.0. The summed E-state index contributed by atoms with van der Waals surface area (Å²) in [7, 11) is 0. The first-order chi connectivity index (χ1) is 20.0. The molecule has 216 valence electrons. The number of ether oxygens (including phenoxy) is 2. The zero-order valence-electron chi connectivity index (χ0n) is 23.8. The number of carbonyl (C=O) groups is 1. The molecule has 3 aliphatic heterocycles. The maximum absolute atomic E-state index is 11.7. The standard InChI is InChI=1S/C33H39N3O4S/c1-22-3-2-4-28(29-21-41-32(34-29)36-14-11-33(31(37)38)18-26(33)19-36)30(22)40-20-23-5-6-24-7-12-35(13-8-25(24)17-23)27-9-15-39-16-10-27/h2-6,17,21,26-27H,7-16,18-20H2,1H3,(H,37,38)/t26-,33+/m0/s1. The van der Waals surface area contributed by atoms with Gasteiger partial charge < -0.3 is 19.5 Å². The van der Waals surface area contributed by atoms with Gasteiger partial charge in [-0.1, -0.05) is 30.3 Å². The normalized spacial score (nSPS) is 24.8. The third kappa shape index (κ3) is 5.26. The van der Waals surface area contributed by atoms with Gasteiger partial charge in [0.25, 0.3) is 0 Å². The summed E-state index contributed by atoms with van der Waals surface area (Å²) < 4.78 is 12.1. The quantitative estimate of drug-likeness (QED) is 0.396. The highest BCUT2D eigenvalue weighted by atomic mass is 32.1. The van der Waals surface area contributed by atoms with E-state index in [0.717, 1.165) is 99.2 Å². The molecule has 0 radical (unpaired) electrons. The Kier molecular flexibility index (Phi) is 7.25. The Bertz CT molecular complexity index is 1430. The third-order valence-electron chi connectivity index (χ3n) is 9.87. The van der Waals surface area contributed by atoms with Crippen molar-refractivity contribution in [3.8, 4) is 17.0 Å². The summed E-state index contributed by atoms with van der Waals surface area (Å²) in [6, 6.07) is 13.8. The number of aryl methyl sites for hydroxylation is 1. The largest absolute Gasteiger partial charge is 0.488 e. The highest BCUT2D eigenvalue weighted by Crippen LogP contribution is 2.58. The van der Waals surface area contributed by atoms with Crippen molar-refractivity contribution in [2.24, 2.45) is 11.3 Å². The second kappa shape index (κ2) is 11.0. The Morgan fingerprint density at radius 2 is 1.98 bits per heavy atom. The van der Waals surface area contributed by atoms with Gasteiger partial charge in [0.1, 0.15) is 12.4 Å². The Morgan fingerprint density at radius 3 is 2.78 bits per heavy atom. The second-order valence-corrected chi connectivity index (χ2v) is 13.1. The molecule has 7 nitrogen and oxygen atoms in total. The predicted octanol–water partition coefficient (Wildman–Crippen LogP) is 5.58. The molecular formula is C33H39N3O4S. The van der Waals surface area contributed by atoms with E-state index in [2.05, 4.69) is 58.5 Å². The average Bonchev–Trinajstić information content (AvgIpc) is 3.62. The number of anilines is 1. The molecule has 7 rings (SSSR count).